The van der Waals surface area contributed by atoms with E-state index in [1.54, 1.807) is 25.1 Å². The number of fused-ring (bicyclic) bond motifs is 2. The van der Waals surface area contributed by atoms with Gasteiger partial charge in [0.05, 0.1) is 25.0 Å². The fourth-order valence-corrected chi connectivity index (χ4v) is 5.00. The number of benzene rings is 2. The zero-order chi connectivity index (χ0) is 23.7. The standard InChI is InChI=1S/C27H25N3O3S/c1-16-5-4-6-18(11-16)15-34-27-23-12-22-20(14-31)13-28-17(2)24(22)33-26(23)29-25(30-27)19-7-9-21(32-3)10-8-19/h4-11,13,31H,12,14-15H2,1-3H3. The summed E-state index contributed by atoms with van der Waals surface area (Å²) in [6.45, 7) is 3.91. The molecule has 1 N–H and O–H groups in total. The first kappa shape index (κ1) is 22.4. The molecule has 0 spiro atoms. The van der Waals surface area contributed by atoms with Crippen LogP contribution in [0.2, 0.25) is 0 Å². The van der Waals surface area contributed by atoms with Crippen LogP contribution in [0.1, 0.15) is 33.5 Å². The summed E-state index contributed by atoms with van der Waals surface area (Å²) in [7, 11) is 1.65. The fraction of sp³-hybridized carbons (Fsp3) is 0.222. The molecule has 3 heterocycles. The Hall–Kier alpha value is -3.42. The average Bonchev–Trinajstić information content (AvgIpc) is 2.87. The van der Waals surface area contributed by atoms with E-state index < -0.39 is 0 Å². The topological polar surface area (TPSA) is 77.4 Å². The minimum Gasteiger partial charge on any atom is -0.497 e. The van der Waals surface area contributed by atoms with E-state index in [1.807, 2.05) is 31.2 Å². The molecule has 34 heavy (non-hydrogen) atoms. The Morgan fingerprint density at radius 3 is 2.62 bits per heavy atom. The van der Waals surface area contributed by atoms with Crippen molar-refractivity contribution < 1.29 is 14.6 Å². The molecule has 0 unspecified atom stereocenters. The van der Waals surface area contributed by atoms with Gasteiger partial charge in [0.2, 0.25) is 5.88 Å². The second kappa shape index (κ2) is 9.44. The zero-order valence-electron chi connectivity index (χ0n) is 19.3. The van der Waals surface area contributed by atoms with E-state index in [1.165, 1.54) is 11.1 Å². The molecule has 2 aromatic heterocycles. The highest BCUT2D eigenvalue weighted by Crippen LogP contribution is 2.43. The first-order valence-corrected chi connectivity index (χ1v) is 12.0. The van der Waals surface area contributed by atoms with Crippen molar-refractivity contribution in [3.63, 3.8) is 0 Å². The van der Waals surface area contributed by atoms with E-state index in [-0.39, 0.29) is 6.61 Å². The third kappa shape index (κ3) is 4.36. The van der Waals surface area contributed by atoms with Gasteiger partial charge in [-0.25, -0.2) is 4.98 Å². The fourth-order valence-electron chi connectivity index (χ4n) is 4.04. The van der Waals surface area contributed by atoms with Crippen molar-refractivity contribution in [3.8, 4) is 28.8 Å². The van der Waals surface area contributed by atoms with Crippen LogP contribution in [0.3, 0.4) is 0 Å². The molecule has 0 fully saturated rings. The Labute approximate surface area is 203 Å². The predicted molar refractivity (Wildman–Crippen MR) is 133 cm³/mol. The van der Waals surface area contributed by atoms with Gasteiger partial charge in [0, 0.05) is 35.1 Å². The van der Waals surface area contributed by atoms with Gasteiger partial charge in [0.15, 0.2) is 11.6 Å². The molecule has 4 aromatic rings. The van der Waals surface area contributed by atoms with Crippen LogP contribution in [-0.2, 0) is 18.8 Å². The maximum Gasteiger partial charge on any atom is 0.227 e. The molecule has 6 nitrogen and oxygen atoms in total. The van der Waals surface area contributed by atoms with E-state index in [4.69, 9.17) is 19.4 Å². The third-order valence-electron chi connectivity index (χ3n) is 5.86. The Balaban J connectivity index is 1.58. The van der Waals surface area contributed by atoms with Crippen LogP contribution in [0.5, 0.6) is 17.4 Å². The Morgan fingerprint density at radius 1 is 1.06 bits per heavy atom. The number of aromatic nitrogens is 3. The molecule has 5 rings (SSSR count). The lowest BCUT2D eigenvalue weighted by Gasteiger charge is -2.24. The number of aliphatic hydroxyl groups is 1. The summed E-state index contributed by atoms with van der Waals surface area (Å²) in [5, 5.41) is 10.7. The van der Waals surface area contributed by atoms with Crippen LogP contribution in [-0.4, -0.2) is 27.2 Å². The number of ether oxygens (including phenoxy) is 2. The first-order chi connectivity index (χ1) is 16.6. The number of aryl methyl sites for hydroxylation is 2. The minimum atomic E-state index is -0.0924. The molecule has 172 valence electrons. The Morgan fingerprint density at radius 2 is 1.88 bits per heavy atom. The molecular weight excluding hydrogens is 446 g/mol. The van der Waals surface area contributed by atoms with Gasteiger partial charge in [-0.1, -0.05) is 29.8 Å². The van der Waals surface area contributed by atoms with Gasteiger partial charge >= 0.3 is 0 Å². The zero-order valence-corrected chi connectivity index (χ0v) is 20.1. The molecule has 0 aliphatic carbocycles. The SMILES string of the molecule is COc1ccc(-c2nc3c(c(SCc4cccc(C)c4)n2)Cc2c(CO)cnc(C)c2O3)cc1. The van der Waals surface area contributed by atoms with Crippen LogP contribution in [0.25, 0.3) is 11.4 Å². The average molecular weight is 472 g/mol. The first-order valence-electron chi connectivity index (χ1n) is 11.1. The highest BCUT2D eigenvalue weighted by molar-refractivity contribution is 7.98. The van der Waals surface area contributed by atoms with Crippen molar-refractivity contribution in [1.29, 1.82) is 0 Å². The largest absolute Gasteiger partial charge is 0.497 e. The van der Waals surface area contributed by atoms with Crippen molar-refractivity contribution in [3.05, 3.63) is 88.2 Å². The molecule has 1 aliphatic heterocycles. The highest BCUT2D eigenvalue weighted by Gasteiger charge is 2.27. The number of pyridine rings is 1. The molecule has 0 bridgehead atoms. The maximum atomic E-state index is 9.87. The van der Waals surface area contributed by atoms with Crippen LogP contribution in [0.4, 0.5) is 0 Å². The second-order valence-electron chi connectivity index (χ2n) is 8.26. The summed E-state index contributed by atoms with van der Waals surface area (Å²) in [6.07, 6.45) is 2.30. The number of hydrogen-bond acceptors (Lipinski definition) is 7. The number of thioether (sulfide) groups is 1. The summed E-state index contributed by atoms with van der Waals surface area (Å²) in [5.41, 5.74) is 6.76. The summed E-state index contributed by atoms with van der Waals surface area (Å²) in [5.74, 6) is 3.37. The Bertz CT molecular complexity index is 1360. The van der Waals surface area contributed by atoms with Gasteiger partial charge in [0.1, 0.15) is 10.8 Å². The van der Waals surface area contributed by atoms with Crippen LogP contribution in [0, 0.1) is 13.8 Å². The number of rotatable bonds is 6. The van der Waals surface area contributed by atoms with Gasteiger partial charge in [-0.05, 0) is 43.7 Å². The van der Waals surface area contributed by atoms with Crippen molar-refractivity contribution in [2.45, 2.75) is 37.7 Å². The van der Waals surface area contributed by atoms with Gasteiger partial charge in [0.25, 0.3) is 0 Å². The molecule has 0 amide bonds. The monoisotopic (exact) mass is 471 g/mol. The Kier molecular flexibility index (Phi) is 6.22. The van der Waals surface area contributed by atoms with Crippen LogP contribution in [0.15, 0.2) is 59.8 Å². The summed E-state index contributed by atoms with van der Waals surface area (Å²) in [6, 6.07) is 16.2. The molecule has 1 aliphatic rings. The number of hydrogen-bond donors (Lipinski definition) is 1. The lowest BCUT2D eigenvalue weighted by atomic mass is 9.99. The highest BCUT2D eigenvalue weighted by atomic mass is 32.2. The van der Waals surface area contributed by atoms with E-state index in [0.717, 1.165) is 44.5 Å². The molecule has 2 aromatic carbocycles. The normalized spacial score (nSPS) is 12.0. The van der Waals surface area contributed by atoms with Crippen molar-refractivity contribution in [1.82, 2.24) is 15.0 Å². The van der Waals surface area contributed by atoms with Crippen LogP contribution >= 0.6 is 11.8 Å². The van der Waals surface area contributed by atoms with E-state index in [9.17, 15) is 5.11 Å². The molecule has 0 radical (unpaired) electrons. The second-order valence-corrected chi connectivity index (χ2v) is 9.22. The van der Waals surface area contributed by atoms with E-state index >= 15 is 0 Å². The van der Waals surface area contributed by atoms with Crippen molar-refractivity contribution >= 4 is 11.8 Å². The van der Waals surface area contributed by atoms with Crippen LogP contribution < -0.4 is 9.47 Å². The number of methoxy groups -OCH3 is 1. The smallest absolute Gasteiger partial charge is 0.227 e. The summed E-state index contributed by atoms with van der Waals surface area (Å²) >= 11 is 1.67. The van der Waals surface area contributed by atoms with Gasteiger partial charge in [-0.2, -0.15) is 4.98 Å². The lowest BCUT2D eigenvalue weighted by Crippen LogP contribution is -2.13. The summed E-state index contributed by atoms with van der Waals surface area (Å²) < 4.78 is 11.6. The van der Waals surface area contributed by atoms with E-state index in [2.05, 4.69) is 36.2 Å². The number of aliphatic hydroxyl groups excluding tert-OH is 1. The van der Waals surface area contributed by atoms with Crippen molar-refractivity contribution in [2.75, 3.05) is 7.11 Å². The lowest BCUT2D eigenvalue weighted by molar-refractivity contribution is 0.278. The van der Waals surface area contributed by atoms with E-state index in [0.29, 0.717) is 23.9 Å². The minimum absolute atomic E-state index is 0.0924. The molecule has 7 heteroatoms. The summed E-state index contributed by atoms with van der Waals surface area (Å²) in [4.78, 5) is 14.1. The van der Waals surface area contributed by atoms with Gasteiger partial charge in [-0.15, -0.1) is 11.8 Å². The molecular formula is C27H25N3O3S. The number of nitrogens with zero attached hydrogens (tertiary/aromatic N) is 3. The molecule has 0 atom stereocenters. The maximum absolute atomic E-state index is 9.87. The quantitative estimate of drug-likeness (QED) is 0.253. The van der Waals surface area contributed by atoms with Gasteiger partial charge in [-0.3, -0.25) is 4.98 Å². The molecule has 0 saturated heterocycles. The molecule has 0 saturated carbocycles. The van der Waals surface area contributed by atoms with Gasteiger partial charge < -0.3 is 14.6 Å². The third-order valence-corrected chi connectivity index (χ3v) is 6.95. The predicted octanol–water partition coefficient (Wildman–Crippen LogP) is 5.65. The van der Waals surface area contributed by atoms with Crippen molar-refractivity contribution in [2.24, 2.45) is 0 Å².